The van der Waals surface area contributed by atoms with Gasteiger partial charge in [0.2, 0.25) is 0 Å². The van der Waals surface area contributed by atoms with Crippen molar-refractivity contribution in [1.82, 2.24) is 0 Å². The summed E-state index contributed by atoms with van der Waals surface area (Å²) < 4.78 is 25.7. The van der Waals surface area contributed by atoms with Gasteiger partial charge in [0, 0.05) is 12.4 Å². The maximum Gasteiger partial charge on any atom is 0.467 e. The largest absolute Gasteiger partial charge is 0.467 e. The standard InChI is InChI=1S/C35H45BO5Si/c1-33(2,3)42(30-21-13-9-14-22-30,31-23-15-10-16-24-31)39-27-29(36-40-34(4,5)35(6,7)41-36)20-17-25-32(37)38-26-28-18-11-8-12-19-28/h8-24,29H,25-27H2,1-7H3/b20-17+/t29-/m0/s1. The third-order valence-corrected chi connectivity index (χ3v) is 13.4. The van der Waals surface area contributed by atoms with Crippen molar-refractivity contribution in [1.29, 1.82) is 0 Å². The number of benzene rings is 3. The van der Waals surface area contributed by atoms with Crippen molar-refractivity contribution >= 4 is 31.8 Å². The minimum absolute atomic E-state index is 0.155. The van der Waals surface area contributed by atoms with Crippen LogP contribution in [-0.2, 0) is 29.9 Å². The molecule has 42 heavy (non-hydrogen) atoms. The lowest BCUT2D eigenvalue weighted by Crippen LogP contribution is -2.67. The van der Waals surface area contributed by atoms with Crippen LogP contribution in [0.2, 0.25) is 10.9 Å². The van der Waals surface area contributed by atoms with E-state index in [0.717, 1.165) is 5.56 Å². The van der Waals surface area contributed by atoms with Gasteiger partial charge in [-0.2, -0.15) is 0 Å². The van der Waals surface area contributed by atoms with Crippen LogP contribution in [-0.4, -0.2) is 39.2 Å². The molecule has 1 heterocycles. The van der Waals surface area contributed by atoms with Crippen molar-refractivity contribution in [3.63, 3.8) is 0 Å². The normalized spacial score (nSPS) is 17.4. The fraction of sp³-hybridized carbons (Fsp3) is 0.400. The van der Waals surface area contributed by atoms with Crippen molar-refractivity contribution < 1.29 is 23.3 Å². The van der Waals surface area contributed by atoms with Crippen molar-refractivity contribution in [2.45, 2.75) is 83.6 Å². The van der Waals surface area contributed by atoms with Gasteiger partial charge in [0.15, 0.2) is 0 Å². The number of carbonyl (C=O) groups is 1. The van der Waals surface area contributed by atoms with Crippen molar-refractivity contribution in [3.05, 3.63) is 109 Å². The highest BCUT2D eigenvalue weighted by atomic mass is 28.4. The zero-order valence-electron chi connectivity index (χ0n) is 26.1. The van der Waals surface area contributed by atoms with Gasteiger partial charge in [-0.1, -0.05) is 124 Å². The molecule has 0 unspecified atom stereocenters. The molecule has 0 aliphatic carbocycles. The molecule has 5 nitrogen and oxygen atoms in total. The van der Waals surface area contributed by atoms with E-state index in [1.807, 2.05) is 54.6 Å². The highest BCUT2D eigenvalue weighted by Gasteiger charge is 2.55. The summed E-state index contributed by atoms with van der Waals surface area (Å²) in [6.07, 6.45) is 4.02. The smallest absolute Gasteiger partial charge is 0.461 e. The van der Waals surface area contributed by atoms with Crippen LogP contribution in [0.4, 0.5) is 0 Å². The zero-order chi connectivity index (χ0) is 30.4. The van der Waals surface area contributed by atoms with E-state index in [4.69, 9.17) is 18.5 Å². The SMILES string of the molecule is CC1(C)OB([C@@H](/C=C/CC(=O)OCc2ccccc2)CO[Si](c2ccccc2)(c2ccccc2)C(C)(C)C)OC1(C)C. The van der Waals surface area contributed by atoms with Gasteiger partial charge >= 0.3 is 13.1 Å². The molecule has 3 aromatic carbocycles. The highest BCUT2D eigenvalue weighted by molar-refractivity contribution is 6.99. The number of rotatable bonds is 11. The summed E-state index contributed by atoms with van der Waals surface area (Å²) in [7, 11) is -3.31. The molecule has 1 fully saturated rings. The fourth-order valence-electron chi connectivity index (χ4n) is 5.41. The van der Waals surface area contributed by atoms with E-state index in [2.05, 4.69) is 97.0 Å². The van der Waals surface area contributed by atoms with Crippen LogP contribution in [0.3, 0.4) is 0 Å². The Morgan fingerprint density at radius 2 is 1.31 bits per heavy atom. The molecule has 4 rings (SSSR count). The van der Waals surface area contributed by atoms with Crippen LogP contribution in [0.25, 0.3) is 0 Å². The molecule has 0 radical (unpaired) electrons. The second-order valence-electron chi connectivity index (χ2n) is 13.0. The van der Waals surface area contributed by atoms with Gasteiger partial charge in [-0.3, -0.25) is 4.79 Å². The summed E-state index contributed by atoms with van der Waals surface area (Å²) in [5, 5.41) is 2.26. The predicted octanol–water partition coefficient (Wildman–Crippen LogP) is 6.72. The number of esters is 1. The summed E-state index contributed by atoms with van der Waals surface area (Å²) >= 11 is 0. The van der Waals surface area contributed by atoms with E-state index in [1.165, 1.54) is 10.4 Å². The molecule has 3 aromatic rings. The van der Waals surface area contributed by atoms with Crippen LogP contribution in [0.5, 0.6) is 0 Å². The Bertz CT molecular complexity index is 1260. The summed E-state index contributed by atoms with van der Waals surface area (Å²) in [4.78, 5) is 12.6. The minimum Gasteiger partial charge on any atom is -0.461 e. The molecule has 0 N–H and O–H groups in total. The molecule has 1 aliphatic heterocycles. The molecule has 0 spiro atoms. The van der Waals surface area contributed by atoms with Gasteiger partial charge in [-0.15, -0.1) is 0 Å². The van der Waals surface area contributed by atoms with E-state index in [0.29, 0.717) is 6.61 Å². The summed E-state index contributed by atoms with van der Waals surface area (Å²) in [6, 6.07) is 30.9. The quantitative estimate of drug-likeness (QED) is 0.142. The third-order valence-electron chi connectivity index (χ3n) is 8.44. The topological polar surface area (TPSA) is 54.0 Å². The van der Waals surface area contributed by atoms with Gasteiger partial charge in [0.25, 0.3) is 8.32 Å². The molecular weight excluding hydrogens is 539 g/mol. The molecule has 0 bridgehead atoms. The Morgan fingerprint density at radius 1 is 0.833 bits per heavy atom. The number of hydrogen-bond acceptors (Lipinski definition) is 5. The second-order valence-corrected chi connectivity index (χ2v) is 17.3. The first-order valence-corrected chi connectivity index (χ1v) is 16.7. The van der Waals surface area contributed by atoms with Crippen LogP contribution in [0.1, 0.15) is 60.5 Å². The summed E-state index contributed by atoms with van der Waals surface area (Å²) in [6.45, 7) is 15.6. The lowest BCUT2D eigenvalue weighted by Gasteiger charge is -2.43. The van der Waals surface area contributed by atoms with Crippen LogP contribution in [0, 0.1) is 0 Å². The van der Waals surface area contributed by atoms with E-state index in [9.17, 15) is 4.79 Å². The van der Waals surface area contributed by atoms with Crippen molar-refractivity contribution in [2.24, 2.45) is 0 Å². The molecule has 1 atom stereocenters. The molecule has 0 aromatic heterocycles. The first-order chi connectivity index (χ1) is 19.9. The van der Waals surface area contributed by atoms with Gasteiger partial charge in [-0.05, 0) is 48.7 Å². The lowest BCUT2D eigenvalue weighted by molar-refractivity contribution is -0.143. The van der Waals surface area contributed by atoms with E-state index < -0.39 is 26.6 Å². The Balaban J connectivity index is 1.61. The molecule has 7 heteroatoms. The fourth-order valence-corrected chi connectivity index (χ4v) is 10.0. The average Bonchev–Trinajstić information content (AvgIpc) is 3.18. The number of ether oxygens (including phenoxy) is 1. The number of carbonyl (C=O) groups excluding carboxylic acids is 1. The van der Waals surface area contributed by atoms with Crippen LogP contribution < -0.4 is 10.4 Å². The van der Waals surface area contributed by atoms with Gasteiger partial charge in [-0.25, -0.2) is 0 Å². The lowest BCUT2D eigenvalue weighted by atomic mass is 9.72. The Hall–Kier alpha value is -2.97. The zero-order valence-corrected chi connectivity index (χ0v) is 27.1. The maximum atomic E-state index is 12.6. The van der Waals surface area contributed by atoms with E-state index >= 15 is 0 Å². The van der Waals surface area contributed by atoms with Crippen LogP contribution >= 0.6 is 0 Å². The van der Waals surface area contributed by atoms with Crippen molar-refractivity contribution in [3.8, 4) is 0 Å². The molecular formula is C35H45BO5Si. The predicted molar refractivity (Wildman–Crippen MR) is 173 cm³/mol. The Labute approximate surface area is 253 Å². The van der Waals surface area contributed by atoms with Gasteiger partial charge in [0.1, 0.15) is 6.61 Å². The highest BCUT2D eigenvalue weighted by Crippen LogP contribution is 2.42. The molecule has 1 aliphatic rings. The van der Waals surface area contributed by atoms with E-state index in [1.54, 1.807) is 0 Å². The molecule has 222 valence electrons. The number of hydrogen-bond donors (Lipinski definition) is 0. The Morgan fingerprint density at radius 3 is 1.79 bits per heavy atom. The second kappa shape index (κ2) is 13.1. The molecule has 0 amide bonds. The third kappa shape index (κ3) is 7.14. The van der Waals surface area contributed by atoms with Gasteiger partial charge < -0.3 is 18.5 Å². The first-order valence-electron chi connectivity index (χ1n) is 14.8. The monoisotopic (exact) mass is 584 g/mol. The van der Waals surface area contributed by atoms with Crippen molar-refractivity contribution in [2.75, 3.05) is 6.61 Å². The van der Waals surface area contributed by atoms with Crippen LogP contribution in [0.15, 0.2) is 103 Å². The first kappa shape index (κ1) is 32.0. The molecule has 0 saturated carbocycles. The molecule has 1 saturated heterocycles. The van der Waals surface area contributed by atoms with Gasteiger partial charge in [0.05, 0.1) is 17.6 Å². The summed E-state index contributed by atoms with van der Waals surface area (Å²) in [5.74, 6) is -0.523. The maximum absolute atomic E-state index is 12.6. The summed E-state index contributed by atoms with van der Waals surface area (Å²) in [5.41, 5.74) is -0.0189. The minimum atomic E-state index is -2.78. The Kier molecular flexibility index (Phi) is 9.99. The van der Waals surface area contributed by atoms with E-state index in [-0.39, 0.29) is 29.9 Å². The average molecular weight is 585 g/mol.